The Morgan fingerprint density at radius 1 is 1.67 bits per heavy atom. The Hall–Kier alpha value is -1.30. The largest absolute Gasteiger partial charge is 0.377 e. The fraction of sp³-hybridized carbons (Fsp3) is 0.667. The third-order valence-electron chi connectivity index (χ3n) is 3.06. The van der Waals surface area contributed by atoms with Gasteiger partial charge in [0.15, 0.2) is 5.78 Å². The third-order valence-corrected chi connectivity index (χ3v) is 3.06. The number of hydrogen-bond donors (Lipinski definition) is 0. The number of rotatable bonds is 2. The van der Waals surface area contributed by atoms with E-state index in [1.165, 1.54) is 0 Å². The molecule has 0 fully saturated rings. The minimum absolute atomic E-state index is 0.127. The maximum absolute atomic E-state index is 11.6. The van der Waals surface area contributed by atoms with Crippen LogP contribution in [-0.4, -0.2) is 24.3 Å². The SMILES string of the molecule is CCN(C)C1=CC(=O)CC(C)(C)C1C#N. The molecule has 0 aromatic heterocycles. The molecular weight excluding hydrogens is 188 g/mol. The molecule has 0 N–H and O–H groups in total. The van der Waals surface area contributed by atoms with Crippen LogP contribution in [0.4, 0.5) is 0 Å². The molecular formula is C12H18N2O. The van der Waals surface area contributed by atoms with Crippen molar-refractivity contribution in [3.63, 3.8) is 0 Å². The molecule has 0 aliphatic heterocycles. The van der Waals surface area contributed by atoms with E-state index >= 15 is 0 Å². The van der Waals surface area contributed by atoms with Gasteiger partial charge in [0.25, 0.3) is 0 Å². The highest BCUT2D eigenvalue weighted by Gasteiger charge is 2.39. The molecule has 1 rings (SSSR count). The molecule has 0 aromatic rings. The highest BCUT2D eigenvalue weighted by Crippen LogP contribution is 2.39. The predicted molar refractivity (Wildman–Crippen MR) is 58.9 cm³/mol. The van der Waals surface area contributed by atoms with E-state index in [1.54, 1.807) is 6.08 Å². The number of ketones is 1. The third kappa shape index (κ3) is 2.20. The first-order chi connectivity index (χ1) is 6.92. The molecule has 0 saturated carbocycles. The number of allylic oxidation sites excluding steroid dienone is 2. The van der Waals surface area contributed by atoms with Crippen LogP contribution in [0.1, 0.15) is 27.2 Å². The zero-order valence-corrected chi connectivity index (χ0v) is 9.87. The van der Waals surface area contributed by atoms with Crippen LogP contribution in [-0.2, 0) is 4.79 Å². The van der Waals surface area contributed by atoms with E-state index in [1.807, 2.05) is 32.7 Å². The van der Waals surface area contributed by atoms with E-state index in [0.717, 1.165) is 12.2 Å². The Morgan fingerprint density at radius 2 is 2.27 bits per heavy atom. The van der Waals surface area contributed by atoms with Crippen LogP contribution in [0.2, 0.25) is 0 Å². The standard InChI is InChI=1S/C12H18N2O/c1-5-14(4)11-6-9(15)7-12(2,3)10(11)8-13/h6,10H,5,7H2,1-4H3. The number of nitrogens with zero attached hydrogens (tertiary/aromatic N) is 2. The summed E-state index contributed by atoms with van der Waals surface area (Å²) in [5.74, 6) is -0.0538. The molecule has 0 heterocycles. The number of nitriles is 1. The second-order valence-corrected chi connectivity index (χ2v) is 4.78. The Labute approximate surface area is 91.4 Å². The van der Waals surface area contributed by atoms with E-state index in [9.17, 15) is 10.1 Å². The van der Waals surface area contributed by atoms with Crippen LogP contribution in [0.15, 0.2) is 11.8 Å². The minimum atomic E-state index is -0.251. The fourth-order valence-electron chi connectivity index (χ4n) is 2.00. The second kappa shape index (κ2) is 4.06. The molecule has 82 valence electrons. The highest BCUT2D eigenvalue weighted by atomic mass is 16.1. The molecule has 0 bridgehead atoms. The summed E-state index contributed by atoms with van der Waals surface area (Å²) < 4.78 is 0. The van der Waals surface area contributed by atoms with Gasteiger partial charge in [-0.1, -0.05) is 13.8 Å². The lowest BCUT2D eigenvalue weighted by molar-refractivity contribution is -0.117. The van der Waals surface area contributed by atoms with Crippen molar-refractivity contribution >= 4 is 5.78 Å². The fourth-order valence-corrected chi connectivity index (χ4v) is 2.00. The molecule has 0 spiro atoms. The van der Waals surface area contributed by atoms with Crippen LogP contribution in [0.25, 0.3) is 0 Å². The first-order valence-corrected chi connectivity index (χ1v) is 5.27. The molecule has 1 aliphatic rings. The molecule has 0 amide bonds. The van der Waals surface area contributed by atoms with Crippen LogP contribution in [0.5, 0.6) is 0 Å². The van der Waals surface area contributed by atoms with Gasteiger partial charge in [-0.3, -0.25) is 4.79 Å². The summed E-state index contributed by atoms with van der Waals surface area (Å²) in [6.45, 7) is 6.79. The van der Waals surface area contributed by atoms with Crippen molar-refractivity contribution in [2.45, 2.75) is 27.2 Å². The van der Waals surface area contributed by atoms with Gasteiger partial charge in [-0.15, -0.1) is 0 Å². The van der Waals surface area contributed by atoms with Crippen molar-refractivity contribution in [2.24, 2.45) is 11.3 Å². The van der Waals surface area contributed by atoms with E-state index in [2.05, 4.69) is 6.07 Å². The minimum Gasteiger partial charge on any atom is -0.377 e. The molecule has 3 nitrogen and oxygen atoms in total. The normalized spacial score (nSPS) is 24.3. The first-order valence-electron chi connectivity index (χ1n) is 5.27. The average molecular weight is 206 g/mol. The average Bonchev–Trinajstić information content (AvgIpc) is 2.14. The lowest BCUT2D eigenvalue weighted by Crippen LogP contribution is -2.37. The predicted octanol–water partition coefficient (Wildman–Crippen LogP) is 1.96. The Balaban J connectivity index is 3.12. The van der Waals surface area contributed by atoms with E-state index in [4.69, 9.17) is 0 Å². The number of hydrogen-bond acceptors (Lipinski definition) is 3. The van der Waals surface area contributed by atoms with Crippen LogP contribution in [0.3, 0.4) is 0 Å². The van der Waals surface area contributed by atoms with Gasteiger partial charge in [0, 0.05) is 31.8 Å². The van der Waals surface area contributed by atoms with Crippen LogP contribution < -0.4 is 0 Å². The van der Waals surface area contributed by atoms with Crippen LogP contribution >= 0.6 is 0 Å². The van der Waals surface area contributed by atoms with Gasteiger partial charge in [-0.2, -0.15) is 5.26 Å². The number of carbonyl (C=O) groups is 1. The maximum Gasteiger partial charge on any atom is 0.158 e. The molecule has 0 saturated heterocycles. The van der Waals surface area contributed by atoms with Crippen molar-refractivity contribution in [3.05, 3.63) is 11.8 Å². The van der Waals surface area contributed by atoms with Crippen LogP contribution in [0, 0.1) is 22.7 Å². The lowest BCUT2D eigenvalue weighted by atomic mass is 9.70. The first kappa shape index (κ1) is 11.8. The molecule has 1 aliphatic carbocycles. The summed E-state index contributed by atoms with van der Waals surface area (Å²) in [5, 5.41) is 9.20. The topological polar surface area (TPSA) is 44.1 Å². The molecule has 1 unspecified atom stereocenters. The van der Waals surface area contributed by atoms with Gasteiger partial charge in [0.1, 0.15) is 0 Å². The molecule has 1 atom stereocenters. The Morgan fingerprint density at radius 3 is 2.73 bits per heavy atom. The van der Waals surface area contributed by atoms with Gasteiger partial charge < -0.3 is 4.90 Å². The lowest BCUT2D eigenvalue weighted by Gasteiger charge is -2.37. The van der Waals surface area contributed by atoms with Crippen molar-refractivity contribution < 1.29 is 4.79 Å². The zero-order chi connectivity index (χ0) is 11.6. The van der Waals surface area contributed by atoms with Crippen molar-refractivity contribution in [2.75, 3.05) is 13.6 Å². The highest BCUT2D eigenvalue weighted by molar-refractivity contribution is 5.92. The van der Waals surface area contributed by atoms with Gasteiger partial charge in [0.05, 0.1) is 12.0 Å². The van der Waals surface area contributed by atoms with Crippen molar-refractivity contribution in [1.82, 2.24) is 4.90 Å². The smallest absolute Gasteiger partial charge is 0.158 e. The summed E-state index contributed by atoms with van der Waals surface area (Å²) >= 11 is 0. The second-order valence-electron chi connectivity index (χ2n) is 4.78. The zero-order valence-electron chi connectivity index (χ0n) is 9.87. The van der Waals surface area contributed by atoms with Gasteiger partial charge in [0.2, 0.25) is 0 Å². The monoisotopic (exact) mass is 206 g/mol. The maximum atomic E-state index is 11.6. The van der Waals surface area contributed by atoms with Gasteiger partial charge in [-0.25, -0.2) is 0 Å². The summed E-state index contributed by atoms with van der Waals surface area (Å²) in [4.78, 5) is 13.5. The summed E-state index contributed by atoms with van der Waals surface area (Å²) in [5.41, 5.74) is 0.612. The quantitative estimate of drug-likeness (QED) is 0.693. The van der Waals surface area contributed by atoms with E-state index < -0.39 is 0 Å². The van der Waals surface area contributed by atoms with E-state index in [-0.39, 0.29) is 17.1 Å². The van der Waals surface area contributed by atoms with E-state index in [0.29, 0.717) is 6.42 Å². The van der Waals surface area contributed by atoms with Gasteiger partial charge >= 0.3 is 0 Å². The summed E-state index contributed by atoms with van der Waals surface area (Å²) in [6, 6.07) is 2.32. The Bertz CT molecular complexity index is 336. The molecule has 0 radical (unpaired) electrons. The molecule has 15 heavy (non-hydrogen) atoms. The van der Waals surface area contributed by atoms with Crippen molar-refractivity contribution in [3.8, 4) is 6.07 Å². The summed E-state index contributed by atoms with van der Waals surface area (Å²) in [7, 11) is 1.92. The Kier molecular flexibility index (Phi) is 3.18. The molecule has 0 aromatic carbocycles. The summed E-state index contributed by atoms with van der Waals surface area (Å²) in [6.07, 6.45) is 2.09. The number of carbonyl (C=O) groups excluding carboxylic acids is 1. The molecule has 3 heteroatoms. The van der Waals surface area contributed by atoms with Gasteiger partial charge in [-0.05, 0) is 12.3 Å². The van der Waals surface area contributed by atoms with Crippen molar-refractivity contribution in [1.29, 1.82) is 5.26 Å².